The second kappa shape index (κ2) is 4.77. The van der Waals surface area contributed by atoms with E-state index in [0.29, 0.717) is 6.04 Å². The maximum absolute atomic E-state index is 6.28. The summed E-state index contributed by atoms with van der Waals surface area (Å²) in [6.07, 6.45) is 6.69. The van der Waals surface area contributed by atoms with E-state index in [1.165, 1.54) is 32.1 Å². The van der Waals surface area contributed by atoms with E-state index < -0.39 is 0 Å². The van der Waals surface area contributed by atoms with Gasteiger partial charge in [-0.2, -0.15) is 0 Å². The summed E-state index contributed by atoms with van der Waals surface area (Å²) in [7, 11) is 0. The first kappa shape index (κ1) is 11.2. The summed E-state index contributed by atoms with van der Waals surface area (Å²) < 4.78 is 0. The molecule has 0 radical (unpaired) electrons. The van der Waals surface area contributed by atoms with E-state index >= 15 is 0 Å². The second-order valence-electron chi connectivity index (χ2n) is 5.19. The average Bonchev–Trinajstić information content (AvgIpc) is 2.63. The number of nitrogens with one attached hydrogen (secondary N) is 2. The molecule has 0 spiro atoms. The van der Waals surface area contributed by atoms with E-state index in [1.807, 2.05) is 12.1 Å². The molecule has 1 aromatic rings. The minimum absolute atomic E-state index is 0.589. The fourth-order valence-electron chi connectivity index (χ4n) is 3.06. The van der Waals surface area contributed by atoms with E-state index in [2.05, 4.69) is 16.7 Å². The van der Waals surface area contributed by atoms with E-state index in [-0.39, 0.29) is 0 Å². The van der Waals surface area contributed by atoms with E-state index in [4.69, 9.17) is 11.6 Å². The zero-order valence-corrected chi connectivity index (χ0v) is 10.8. The lowest BCUT2D eigenvalue weighted by Crippen LogP contribution is -2.30. The maximum Gasteiger partial charge on any atom is 0.0767 e. The molecule has 3 heteroatoms. The first-order valence-corrected chi connectivity index (χ1v) is 7.01. The maximum atomic E-state index is 6.28. The smallest absolute Gasteiger partial charge is 0.0767 e. The highest BCUT2D eigenvalue weighted by molar-refractivity contribution is 6.34. The van der Waals surface area contributed by atoms with Crippen molar-refractivity contribution in [2.75, 3.05) is 17.2 Å². The largest absolute Gasteiger partial charge is 0.383 e. The van der Waals surface area contributed by atoms with Gasteiger partial charge in [-0.25, -0.2) is 0 Å². The van der Waals surface area contributed by atoms with Crippen LogP contribution in [0, 0.1) is 5.92 Å². The van der Waals surface area contributed by atoms with Crippen LogP contribution in [0.1, 0.15) is 32.1 Å². The molecule has 1 aliphatic carbocycles. The van der Waals surface area contributed by atoms with Crippen LogP contribution in [0.15, 0.2) is 18.2 Å². The van der Waals surface area contributed by atoms with Gasteiger partial charge in [0.1, 0.15) is 0 Å². The summed E-state index contributed by atoms with van der Waals surface area (Å²) in [5.41, 5.74) is 2.26. The van der Waals surface area contributed by atoms with Gasteiger partial charge in [0.25, 0.3) is 0 Å². The summed E-state index contributed by atoms with van der Waals surface area (Å²) in [4.78, 5) is 0. The number of para-hydroxylation sites is 1. The lowest BCUT2D eigenvalue weighted by Gasteiger charge is -2.24. The van der Waals surface area contributed by atoms with Gasteiger partial charge in [-0.1, -0.05) is 36.9 Å². The summed E-state index contributed by atoms with van der Waals surface area (Å²) in [6, 6.07) is 6.67. The number of rotatable bonds is 0. The summed E-state index contributed by atoms with van der Waals surface area (Å²) in [5.74, 6) is 0.737. The lowest BCUT2D eigenvalue weighted by molar-refractivity contribution is 0.444. The quantitative estimate of drug-likeness (QED) is 0.724. The minimum atomic E-state index is 0.589. The molecule has 1 aliphatic heterocycles. The van der Waals surface area contributed by atoms with Gasteiger partial charge in [-0.3, -0.25) is 0 Å². The molecule has 1 fully saturated rings. The first-order chi connectivity index (χ1) is 8.34. The number of benzene rings is 1. The Kier molecular flexibility index (Phi) is 3.15. The van der Waals surface area contributed by atoms with Crippen molar-refractivity contribution in [1.82, 2.24) is 0 Å². The van der Waals surface area contributed by atoms with Crippen LogP contribution in [-0.4, -0.2) is 12.6 Å². The van der Waals surface area contributed by atoms with Crippen LogP contribution < -0.4 is 10.6 Å². The highest BCUT2D eigenvalue weighted by Crippen LogP contribution is 2.37. The Balaban J connectivity index is 1.90. The fourth-order valence-corrected chi connectivity index (χ4v) is 3.29. The molecule has 92 valence electrons. The predicted molar refractivity (Wildman–Crippen MR) is 73.9 cm³/mol. The van der Waals surface area contributed by atoms with Crippen LogP contribution in [0.2, 0.25) is 5.02 Å². The van der Waals surface area contributed by atoms with Crippen molar-refractivity contribution >= 4 is 23.0 Å². The fraction of sp³-hybridized carbons (Fsp3) is 0.571. The van der Waals surface area contributed by atoms with E-state index in [0.717, 1.165) is 28.9 Å². The van der Waals surface area contributed by atoms with Gasteiger partial charge >= 0.3 is 0 Å². The van der Waals surface area contributed by atoms with Crippen LogP contribution in [-0.2, 0) is 0 Å². The molecule has 2 nitrogen and oxygen atoms in total. The van der Waals surface area contributed by atoms with E-state index in [9.17, 15) is 0 Å². The van der Waals surface area contributed by atoms with E-state index in [1.54, 1.807) is 0 Å². The van der Waals surface area contributed by atoms with Crippen LogP contribution >= 0.6 is 11.6 Å². The minimum Gasteiger partial charge on any atom is -0.383 e. The number of hydrogen-bond donors (Lipinski definition) is 2. The Bertz CT molecular complexity index is 405. The molecule has 0 amide bonds. The molecule has 1 heterocycles. The molecule has 2 N–H and O–H groups in total. The Hall–Kier alpha value is -0.890. The normalized spacial score (nSPS) is 27.8. The standard InChI is InChI=1S/C14H19ClN2/c15-11-6-4-8-13-14(11)17-12-7-3-1-2-5-10(12)9-16-13/h4,6,8,10,12,16-17H,1-3,5,7,9H2. The van der Waals surface area contributed by atoms with Crippen LogP contribution in [0.25, 0.3) is 0 Å². The van der Waals surface area contributed by atoms with Gasteiger partial charge in [0, 0.05) is 12.6 Å². The zero-order chi connectivity index (χ0) is 11.7. The highest BCUT2D eigenvalue weighted by atomic mass is 35.5. The molecule has 0 aromatic heterocycles. The highest BCUT2D eigenvalue weighted by Gasteiger charge is 2.27. The van der Waals surface area contributed by atoms with Crippen molar-refractivity contribution in [2.45, 2.75) is 38.1 Å². The van der Waals surface area contributed by atoms with Gasteiger partial charge in [-0.15, -0.1) is 0 Å². The van der Waals surface area contributed by atoms with Crippen LogP contribution in [0.5, 0.6) is 0 Å². The molecule has 17 heavy (non-hydrogen) atoms. The third kappa shape index (κ3) is 2.23. The molecule has 3 rings (SSSR count). The SMILES string of the molecule is Clc1cccc2c1NC1CCCCCC1CN2. The molecular formula is C14H19ClN2. The predicted octanol–water partition coefficient (Wildman–Crippen LogP) is 4.13. The van der Waals surface area contributed by atoms with Gasteiger partial charge in [0.05, 0.1) is 16.4 Å². The van der Waals surface area contributed by atoms with Gasteiger partial charge in [-0.05, 0) is 30.9 Å². The summed E-state index contributed by atoms with van der Waals surface area (Å²) >= 11 is 6.28. The topological polar surface area (TPSA) is 24.1 Å². The molecule has 1 aromatic carbocycles. The number of fused-ring (bicyclic) bond motifs is 2. The second-order valence-corrected chi connectivity index (χ2v) is 5.60. The van der Waals surface area contributed by atoms with Crippen molar-refractivity contribution in [3.05, 3.63) is 23.2 Å². The zero-order valence-electron chi connectivity index (χ0n) is 10.0. The third-order valence-electron chi connectivity index (χ3n) is 4.06. The Morgan fingerprint density at radius 3 is 2.94 bits per heavy atom. The molecular weight excluding hydrogens is 232 g/mol. The van der Waals surface area contributed by atoms with Gasteiger partial charge < -0.3 is 10.6 Å². The first-order valence-electron chi connectivity index (χ1n) is 6.63. The summed E-state index contributed by atoms with van der Waals surface area (Å²) in [6.45, 7) is 1.07. The molecule has 0 bridgehead atoms. The van der Waals surface area contributed by atoms with Crippen molar-refractivity contribution in [2.24, 2.45) is 5.92 Å². The van der Waals surface area contributed by atoms with Gasteiger partial charge in [0.2, 0.25) is 0 Å². The van der Waals surface area contributed by atoms with Gasteiger partial charge in [0.15, 0.2) is 0 Å². The molecule has 2 aliphatic rings. The Morgan fingerprint density at radius 1 is 1.12 bits per heavy atom. The van der Waals surface area contributed by atoms with Crippen molar-refractivity contribution in [3.63, 3.8) is 0 Å². The third-order valence-corrected chi connectivity index (χ3v) is 4.37. The summed E-state index contributed by atoms with van der Waals surface area (Å²) in [5, 5.41) is 8.05. The Labute approximate surface area is 108 Å². The Morgan fingerprint density at radius 2 is 2.00 bits per heavy atom. The monoisotopic (exact) mass is 250 g/mol. The number of anilines is 2. The average molecular weight is 251 g/mol. The van der Waals surface area contributed by atoms with Crippen molar-refractivity contribution in [1.29, 1.82) is 0 Å². The van der Waals surface area contributed by atoms with Crippen molar-refractivity contribution < 1.29 is 0 Å². The van der Waals surface area contributed by atoms with Crippen LogP contribution in [0.3, 0.4) is 0 Å². The lowest BCUT2D eigenvalue weighted by atomic mass is 9.95. The molecule has 2 atom stereocenters. The number of halogens is 1. The van der Waals surface area contributed by atoms with Crippen molar-refractivity contribution in [3.8, 4) is 0 Å². The number of hydrogen-bond acceptors (Lipinski definition) is 2. The molecule has 1 saturated carbocycles. The van der Waals surface area contributed by atoms with Crippen LogP contribution in [0.4, 0.5) is 11.4 Å². The molecule has 2 unspecified atom stereocenters. The molecule has 0 saturated heterocycles.